The van der Waals surface area contributed by atoms with Crippen molar-refractivity contribution in [2.45, 2.75) is 43.6 Å². The summed E-state index contributed by atoms with van der Waals surface area (Å²) in [6.45, 7) is 1.85. The Kier molecular flexibility index (Phi) is 6.78. The second-order valence-electron chi connectivity index (χ2n) is 9.19. The Labute approximate surface area is 219 Å². The van der Waals surface area contributed by atoms with Crippen LogP contribution in [0.5, 0.6) is 11.6 Å². The first-order valence-electron chi connectivity index (χ1n) is 12.0. The second-order valence-corrected chi connectivity index (χ2v) is 11.2. The van der Waals surface area contributed by atoms with E-state index < -0.39 is 21.3 Å². The number of fused-ring (bicyclic) bond motifs is 1. The molecule has 1 aliphatic rings. The average molecular weight is 540 g/mol. The number of pyridine rings is 1. The quantitative estimate of drug-likeness (QED) is 0.307. The maximum atomic E-state index is 14.4. The van der Waals surface area contributed by atoms with Crippen LogP contribution >= 0.6 is 0 Å². The molecule has 8 nitrogen and oxygen atoms in total. The zero-order chi connectivity index (χ0) is 27.0. The first-order chi connectivity index (χ1) is 18.1. The summed E-state index contributed by atoms with van der Waals surface area (Å²) in [7, 11) is -2.02. The summed E-state index contributed by atoms with van der Waals surface area (Å²) in [6, 6.07) is 8.22. The lowest BCUT2D eigenvalue weighted by molar-refractivity contribution is 0.212. The van der Waals surface area contributed by atoms with E-state index in [1.54, 1.807) is 12.3 Å². The molecule has 0 saturated heterocycles. The molecule has 2 heterocycles. The average Bonchev–Trinajstić information content (AvgIpc) is 3.37. The number of ether oxygens (including phenoxy) is 2. The lowest BCUT2D eigenvalue weighted by Crippen LogP contribution is -2.15. The van der Waals surface area contributed by atoms with E-state index in [1.165, 1.54) is 7.11 Å². The van der Waals surface area contributed by atoms with Gasteiger partial charge in [0.05, 0.1) is 33.5 Å². The van der Waals surface area contributed by atoms with E-state index in [0.29, 0.717) is 28.6 Å². The van der Waals surface area contributed by atoms with Crippen molar-refractivity contribution in [3.05, 3.63) is 59.9 Å². The summed E-state index contributed by atoms with van der Waals surface area (Å²) in [5.41, 5.74) is 8.85. The number of aromatic nitrogens is 3. The third-order valence-corrected chi connectivity index (χ3v) is 8.06. The zero-order valence-corrected chi connectivity index (χ0v) is 21.8. The normalized spacial score (nSPS) is 15.4. The van der Waals surface area contributed by atoms with Crippen LogP contribution in [-0.2, 0) is 9.71 Å². The van der Waals surface area contributed by atoms with Crippen LogP contribution in [0.15, 0.2) is 47.5 Å². The van der Waals surface area contributed by atoms with Crippen LogP contribution in [-0.4, -0.2) is 38.2 Å². The maximum absolute atomic E-state index is 14.4. The van der Waals surface area contributed by atoms with E-state index >= 15 is 0 Å². The molecule has 1 fully saturated rings. The van der Waals surface area contributed by atoms with Gasteiger partial charge in [0.25, 0.3) is 0 Å². The molecule has 1 unspecified atom stereocenters. The van der Waals surface area contributed by atoms with E-state index in [2.05, 4.69) is 25.5 Å². The summed E-state index contributed by atoms with van der Waals surface area (Å²) in [4.78, 5) is 12.8. The van der Waals surface area contributed by atoms with Crippen LogP contribution in [0, 0.1) is 18.6 Å². The highest BCUT2D eigenvalue weighted by atomic mass is 32.2. The third-order valence-electron chi connectivity index (χ3n) is 6.47. The number of nitrogens with zero attached hydrogens (tertiary/aromatic N) is 3. The predicted molar refractivity (Wildman–Crippen MR) is 145 cm³/mol. The number of nitrogens with one attached hydrogen (secondary N) is 1. The molecule has 0 radical (unpaired) electrons. The minimum absolute atomic E-state index is 0.0811. The number of methoxy groups -OCH3 is 1. The van der Waals surface area contributed by atoms with Crippen molar-refractivity contribution in [1.82, 2.24) is 15.0 Å². The van der Waals surface area contributed by atoms with Crippen molar-refractivity contribution in [2.75, 3.05) is 17.6 Å². The highest BCUT2D eigenvalue weighted by Crippen LogP contribution is 2.37. The summed E-state index contributed by atoms with van der Waals surface area (Å²) < 4.78 is 55.7. The Morgan fingerprint density at radius 1 is 1.11 bits per heavy atom. The van der Waals surface area contributed by atoms with E-state index in [1.807, 2.05) is 19.1 Å². The summed E-state index contributed by atoms with van der Waals surface area (Å²) in [5.74, 6) is 2.78. The fourth-order valence-corrected chi connectivity index (χ4v) is 5.91. The van der Waals surface area contributed by atoms with Gasteiger partial charge in [-0.15, -0.1) is 0 Å². The van der Waals surface area contributed by atoms with Gasteiger partial charge in [-0.05, 0) is 74.4 Å². The lowest BCUT2D eigenvalue weighted by Gasteiger charge is -2.18. The molecule has 1 aliphatic carbocycles. The monoisotopic (exact) mass is 539 g/mol. The van der Waals surface area contributed by atoms with Gasteiger partial charge >= 0.3 is 0 Å². The van der Waals surface area contributed by atoms with Crippen molar-refractivity contribution >= 4 is 38.1 Å². The molecule has 1 atom stereocenters. The van der Waals surface area contributed by atoms with Crippen LogP contribution in [0.3, 0.4) is 0 Å². The summed E-state index contributed by atoms with van der Waals surface area (Å²) in [5, 5.41) is 0.768. The van der Waals surface area contributed by atoms with Crippen molar-refractivity contribution in [3.63, 3.8) is 0 Å². The molecule has 11 heteroatoms. The van der Waals surface area contributed by atoms with Crippen LogP contribution < -0.4 is 19.9 Å². The van der Waals surface area contributed by atoms with Crippen molar-refractivity contribution in [2.24, 2.45) is 0 Å². The molecule has 4 aromatic rings. The standard InChI is InChI=1S/C27H27F2N5O3S/c1-15-20-10-16(12-23(25(20)33-27(30)32-15)37-19-6-4-5-7-19)17-11-22(26(36-2)31-14-17)34-38(3,35)24-9-8-18(28)13-21(24)29/h8-14,19H,3-7H2,1-2H3,(H,34,35)(H2,30,32,33). The first kappa shape index (κ1) is 25.7. The number of nitrogen functional groups attached to an aromatic ring is 1. The van der Waals surface area contributed by atoms with E-state index in [9.17, 15) is 13.0 Å². The van der Waals surface area contributed by atoms with Gasteiger partial charge in [0.15, 0.2) is 0 Å². The molecule has 5 rings (SSSR count). The maximum Gasteiger partial charge on any atom is 0.238 e. The smallest absolute Gasteiger partial charge is 0.238 e. The van der Waals surface area contributed by atoms with Gasteiger partial charge in [-0.1, -0.05) is 0 Å². The van der Waals surface area contributed by atoms with E-state index in [0.717, 1.165) is 48.8 Å². The number of halogens is 2. The van der Waals surface area contributed by atoms with Gasteiger partial charge in [0.2, 0.25) is 11.8 Å². The van der Waals surface area contributed by atoms with Gasteiger partial charge in [-0.25, -0.2) is 27.9 Å². The van der Waals surface area contributed by atoms with Crippen molar-refractivity contribution in [3.8, 4) is 22.8 Å². The van der Waals surface area contributed by atoms with Crippen LogP contribution in [0.4, 0.5) is 20.4 Å². The number of nitrogens with two attached hydrogens (primary N) is 1. The molecule has 0 aliphatic heterocycles. The fourth-order valence-electron chi connectivity index (χ4n) is 4.63. The number of anilines is 2. The molecule has 1 saturated carbocycles. The van der Waals surface area contributed by atoms with Crippen LogP contribution in [0.2, 0.25) is 0 Å². The fraction of sp³-hybridized carbons (Fsp3) is 0.259. The van der Waals surface area contributed by atoms with Crippen molar-refractivity contribution in [1.29, 1.82) is 0 Å². The molecule has 0 spiro atoms. The number of hydrogen-bond donors (Lipinski definition) is 2. The Bertz CT molecular complexity index is 1640. The van der Waals surface area contributed by atoms with E-state index in [4.69, 9.17) is 15.2 Å². The molecular weight excluding hydrogens is 512 g/mol. The molecule has 3 N–H and O–H groups in total. The highest BCUT2D eigenvalue weighted by Gasteiger charge is 2.21. The topological polar surface area (TPSA) is 112 Å². The highest BCUT2D eigenvalue weighted by molar-refractivity contribution is 8.01. The molecule has 198 valence electrons. The van der Waals surface area contributed by atoms with Gasteiger partial charge in [-0.2, -0.15) is 0 Å². The second kappa shape index (κ2) is 10.1. The Morgan fingerprint density at radius 3 is 2.58 bits per heavy atom. The van der Waals surface area contributed by atoms with Gasteiger partial charge < -0.3 is 19.9 Å². The largest absolute Gasteiger partial charge is 0.488 e. The van der Waals surface area contributed by atoms with Gasteiger partial charge in [0.1, 0.15) is 28.6 Å². The molecule has 0 amide bonds. The SMILES string of the molecule is C=S(=O)(Nc1cc(-c2cc(OC3CCCC3)c3nc(N)nc(C)c3c2)cnc1OC)c1ccc(F)cc1F. The first-order valence-corrected chi connectivity index (χ1v) is 13.8. The number of hydrogen-bond acceptors (Lipinski definition) is 7. The third kappa shape index (κ3) is 5.06. The summed E-state index contributed by atoms with van der Waals surface area (Å²) >= 11 is 0. The number of benzene rings is 2. The molecule has 38 heavy (non-hydrogen) atoms. The molecule has 0 bridgehead atoms. The summed E-state index contributed by atoms with van der Waals surface area (Å²) in [6.07, 6.45) is 5.81. The molecule has 2 aromatic carbocycles. The van der Waals surface area contributed by atoms with Gasteiger partial charge in [-0.3, -0.25) is 0 Å². The Hall–Kier alpha value is -3.99. The minimum Gasteiger partial charge on any atom is -0.488 e. The predicted octanol–water partition coefficient (Wildman–Crippen LogP) is 5.29. The Morgan fingerprint density at radius 2 is 1.87 bits per heavy atom. The van der Waals surface area contributed by atoms with Crippen LogP contribution in [0.1, 0.15) is 31.4 Å². The number of aryl methyl sites for hydroxylation is 1. The molecule has 2 aromatic heterocycles. The van der Waals surface area contributed by atoms with Crippen molar-refractivity contribution < 1.29 is 22.5 Å². The van der Waals surface area contributed by atoms with E-state index in [-0.39, 0.29) is 28.5 Å². The number of rotatable bonds is 7. The minimum atomic E-state index is -3.43. The van der Waals surface area contributed by atoms with Gasteiger partial charge in [0, 0.05) is 23.2 Å². The van der Waals surface area contributed by atoms with Crippen LogP contribution in [0.25, 0.3) is 22.0 Å². The zero-order valence-electron chi connectivity index (χ0n) is 21.0. The molecular formula is C27H27F2N5O3S. The lowest BCUT2D eigenvalue weighted by atomic mass is 10.0. The Balaban J connectivity index is 1.59.